The lowest BCUT2D eigenvalue weighted by Crippen LogP contribution is -2.21. The Morgan fingerprint density at radius 2 is 1.45 bits per heavy atom. The Morgan fingerprint density at radius 1 is 0.900 bits per heavy atom. The third kappa shape index (κ3) is 13.0. The lowest BCUT2D eigenvalue weighted by molar-refractivity contribution is 0.0586. The molecule has 6 nitrogen and oxygen atoms in total. The Labute approximate surface area is 120 Å². The van der Waals surface area contributed by atoms with Crippen LogP contribution in [0.2, 0.25) is 0 Å². The number of ether oxygens (including phenoxy) is 2. The van der Waals surface area contributed by atoms with Crippen LogP contribution in [0.3, 0.4) is 0 Å². The van der Waals surface area contributed by atoms with Crippen molar-refractivity contribution in [1.82, 2.24) is 0 Å². The Balaban J connectivity index is 3.65. The zero-order valence-electron chi connectivity index (χ0n) is 13.0. The number of hydrogen-bond acceptors (Lipinski definition) is 4. The van der Waals surface area contributed by atoms with Crippen LogP contribution < -0.4 is 0 Å². The van der Waals surface area contributed by atoms with Crippen molar-refractivity contribution in [2.24, 2.45) is 10.2 Å². The fraction of sp³-hybridized carbons (Fsp3) is 0.857. The van der Waals surface area contributed by atoms with Gasteiger partial charge in [0.05, 0.1) is 6.61 Å². The largest absolute Gasteiger partial charge is 0.453 e. The van der Waals surface area contributed by atoms with Crippen molar-refractivity contribution in [3.63, 3.8) is 0 Å². The molecule has 0 heterocycles. The van der Waals surface area contributed by atoms with Gasteiger partial charge in [-0.2, -0.15) is 0 Å². The van der Waals surface area contributed by atoms with E-state index in [-0.39, 0.29) is 0 Å². The van der Waals surface area contributed by atoms with Crippen molar-refractivity contribution in [2.75, 3.05) is 6.61 Å². The zero-order valence-corrected chi connectivity index (χ0v) is 13.0. The van der Waals surface area contributed by atoms with Crippen molar-refractivity contribution in [1.29, 1.82) is 0 Å². The summed E-state index contributed by atoms with van der Waals surface area (Å²) in [4.78, 5) is 22.3. The maximum Gasteiger partial charge on any atom is 0.453 e. The zero-order chi connectivity index (χ0) is 15.4. The number of unbranched alkanes of at least 4 members (excludes halogenated alkanes) is 5. The van der Waals surface area contributed by atoms with Gasteiger partial charge in [0, 0.05) is 0 Å². The van der Waals surface area contributed by atoms with E-state index < -0.39 is 17.8 Å². The molecule has 0 bridgehead atoms. The first-order valence-corrected chi connectivity index (χ1v) is 7.16. The molecule has 0 saturated heterocycles. The second-order valence-electron chi connectivity index (χ2n) is 5.56. The fourth-order valence-corrected chi connectivity index (χ4v) is 1.43. The molecule has 0 unspecified atom stereocenters. The highest BCUT2D eigenvalue weighted by molar-refractivity contribution is 5.73. The van der Waals surface area contributed by atoms with E-state index in [0.29, 0.717) is 6.61 Å². The lowest BCUT2D eigenvalue weighted by Gasteiger charge is -2.16. The summed E-state index contributed by atoms with van der Waals surface area (Å²) in [5.41, 5.74) is -0.654. The average Bonchev–Trinajstić information content (AvgIpc) is 2.33. The summed E-state index contributed by atoms with van der Waals surface area (Å²) in [6.07, 6.45) is 4.88. The Hall–Kier alpha value is -1.46. The normalized spacial score (nSPS) is 11.6. The minimum atomic E-state index is -0.894. The first kappa shape index (κ1) is 18.5. The molecular formula is C14H26N2O4. The molecule has 0 saturated carbocycles. The van der Waals surface area contributed by atoms with Crippen molar-refractivity contribution in [2.45, 2.75) is 71.8 Å². The molecule has 0 aliphatic carbocycles. The van der Waals surface area contributed by atoms with Gasteiger partial charge in [-0.1, -0.05) is 49.3 Å². The maximum absolute atomic E-state index is 11.2. The molecule has 0 aromatic carbocycles. The number of azo groups is 1. The van der Waals surface area contributed by atoms with Gasteiger partial charge in [-0.25, -0.2) is 9.59 Å². The molecule has 0 rings (SSSR count). The van der Waals surface area contributed by atoms with Crippen LogP contribution in [0.15, 0.2) is 10.2 Å². The van der Waals surface area contributed by atoms with E-state index in [1.807, 2.05) is 0 Å². The van der Waals surface area contributed by atoms with E-state index in [4.69, 9.17) is 9.47 Å². The molecule has 2 amide bonds. The highest BCUT2D eigenvalue weighted by Gasteiger charge is 2.16. The Morgan fingerprint density at radius 3 is 2.05 bits per heavy atom. The molecule has 0 aliphatic rings. The fourth-order valence-electron chi connectivity index (χ4n) is 1.43. The predicted molar refractivity (Wildman–Crippen MR) is 75.8 cm³/mol. The third-order valence-corrected chi connectivity index (χ3v) is 2.33. The van der Waals surface area contributed by atoms with Crippen LogP contribution in [0.25, 0.3) is 0 Å². The molecule has 20 heavy (non-hydrogen) atoms. The van der Waals surface area contributed by atoms with Crippen molar-refractivity contribution in [3.8, 4) is 0 Å². The van der Waals surface area contributed by atoms with Gasteiger partial charge in [-0.15, -0.1) is 0 Å². The quantitative estimate of drug-likeness (QED) is 0.494. The summed E-state index contributed by atoms with van der Waals surface area (Å²) in [6, 6.07) is 0. The minimum absolute atomic E-state index is 0.304. The second-order valence-corrected chi connectivity index (χ2v) is 5.56. The van der Waals surface area contributed by atoms with Crippen LogP contribution in [0.1, 0.15) is 66.2 Å². The predicted octanol–water partition coefficient (Wildman–Crippen LogP) is 4.87. The molecule has 0 aromatic rings. The van der Waals surface area contributed by atoms with E-state index in [0.717, 1.165) is 19.3 Å². The van der Waals surface area contributed by atoms with Gasteiger partial charge in [0.25, 0.3) is 0 Å². The summed E-state index contributed by atoms with van der Waals surface area (Å²) < 4.78 is 9.68. The molecule has 0 radical (unpaired) electrons. The molecule has 0 atom stereocenters. The van der Waals surface area contributed by atoms with Crippen LogP contribution in [0, 0.1) is 0 Å². The number of rotatable bonds is 7. The lowest BCUT2D eigenvalue weighted by atomic mass is 10.1. The number of amides is 2. The second kappa shape index (κ2) is 10.3. The SMILES string of the molecule is CCCCCCCCOC(=O)N=NC(=O)OC(C)(C)C. The Bertz CT molecular complexity index is 322. The van der Waals surface area contributed by atoms with E-state index >= 15 is 0 Å². The van der Waals surface area contributed by atoms with E-state index in [9.17, 15) is 9.59 Å². The average molecular weight is 286 g/mol. The third-order valence-electron chi connectivity index (χ3n) is 2.33. The van der Waals surface area contributed by atoms with Gasteiger partial charge in [-0.3, -0.25) is 0 Å². The number of carbonyl (C=O) groups is 2. The summed E-state index contributed by atoms with van der Waals surface area (Å²) in [5, 5.41) is 6.28. The summed E-state index contributed by atoms with van der Waals surface area (Å²) in [6.45, 7) is 7.58. The van der Waals surface area contributed by atoms with Gasteiger partial charge in [-0.05, 0) is 27.2 Å². The standard InChI is InChI=1S/C14H26N2O4/c1-5-6-7-8-9-10-11-19-12(17)15-16-13(18)20-14(2,3)4/h5-11H2,1-4H3. The highest BCUT2D eigenvalue weighted by Crippen LogP contribution is 2.08. The molecule has 0 spiro atoms. The molecule has 116 valence electrons. The summed E-state index contributed by atoms with van der Waals surface area (Å²) in [7, 11) is 0. The number of carbonyl (C=O) groups excluding carboxylic acids is 2. The van der Waals surface area contributed by atoms with E-state index in [1.54, 1.807) is 20.8 Å². The van der Waals surface area contributed by atoms with Crippen molar-refractivity contribution in [3.05, 3.63) is 0 Å². The van der Waals surface area contributed by atoms with E-state index in [1.165, 1.54) is 19.3 Å². The van der Waals surface area contributed by atoms with Gasteiger partial charge >= 0.3 is 12.2 Å². The van der Waals surface area contributed by atoms with Crippen LogP contribution in [-0.2, 0) is 9.47 Å². The molecular weight excluding hydrogens is 260 g/mol. The summed E-state index contributed by atoms with van der Waals surface area (Å²) in [5.74, 6) is 0. The molecule has 0 aliphatic heterocycles. The minimum Gasteiger partial charge on any atom is -0.447 e. The van der Waals surface area contributed by atoms with Gasteiger partial charge < -0.3 is 9.47 Å². The first-order chi connectivity index (χ1) is 9.35. The number of nitrogens with zero attached hydrogens (tertiary/aromatic N) is 2. The highest BCUT2D eigenvalue weighted by atomic mass is 16.6. The molecule has 0 fully saturated rings. The van der Waals surface area contributed by atoms with Gasteiger partial charge in [0.15, 0.2) is 0 Å². The van der Waals surface area contributed by atoms with E-state index in [2.05, 4.69) is 17.2 Å². The molecule has 0 aromatic heterocycles. The first-order valence-electron chi connectivity index (χ1n) is 7.16. The van der Waals surface area contributed by atoms with Crippen LogP contribution >= 0.6 is 0 Å². The number of hydrogen-bond donors (Lipinski definition) is 0. The topological polar surface area (TPSA) is 77.3 Å². The van der Waals surface area contributed by atoms with Crippen LogP contribution in [0.4, 0.5) is 9.59 Å². The smallest absolute Gasteiger partial charge is 0.447 e. The van der Waals surface area contributed by atoms with Crippen LogP contribution in [-0.4, -0.2) is 24.4 Å². The van der Waals surface area contributed by atoms with Gasteiger partial charge in [0.2, 0.25) is 0 Å². The Kier molecular flexibility index (Phi) is 9.59. The van der Waals surface area contributed by atoms with Crippen LogP contribution in [0.5, 0.6) is 0 Å². The molecule has 0 N–H and O–H groups in total. The maximum atomic E-state index is 11.2. The van der Waals surface area contributed by atoms with Crippen molar-refractivity contribution >= 4 is 12.2 Å². The monoisotopic (exact) mass is 286 g/mol. The van der Waals surface area contributed by atoms with Crippen molar-refractivity contribution < 1.29 is 19.1 Å². The molecule has 6 heteroatoms. The van der Waals surface area contributed by atoms with Gasteiger partial charge in [0.1, 0.15) is 5.60 Å². The summed E-state index contributed by atoms with van der Waals surface area (Å²) >= 11 is 0.